The number of aromatic nitrogens is 1. The van der Waals surface area contributed by atoms with E-state index in [2.05, 4.69) is 40.5 Å². The summed E-state index contributed by atoms with van der Waals surface area (Å²) in [6.45, 7) is 4.59. The van der Waals surface area contributed by atoms with Crippen LogP contribution in [-0.2, 0) is 29.0 Å². The van der Waals surface area contributed by atoms with Crippen LogP contribution in [0.15, 0.2) is 48.5 Å². The number of hydrogen-bond acceptors (Lipinski definition) is 6. The first-order chi connectivity index (χ1) is 16.3. The molecule has 7 nitrogen and oxygen atoms in total. The van der Waals surface area contributed by atoms with Crippen LogP contribution >= 0.6 is 0 Å². The number of carbonyl (C=O) groups excluding carboxylic acids is 2. The zero-order valence-electron chi connectivity index (χ0n) is 20.2. The number of pyridine rings is 1. The summed E-state index contributed by atoms with van der Waals surface area (Å²) >= 11 is 0. The van der Waals surface area contributed by atoms with Crippen molar-refractivity contribution in [2.45, 2.75) is 44.8 Å². The molecule has 2 aromatic carbocycles. The van der Waals surface area contributed by atoms with Crippen LogP contribution in [0, 0.1) is 6.92 Å². The van der Waals surface area contributed by atoms with Crippen LogP contribution in [0.4, 0.5) is 5.69 Å². The molecule has 2 unspecified atom stereocenters. The number of nitrogens with zero attached hydrogens (tertiary/aromatic N) is 3. The van der Waals surface area contributed by atoms with E-state index in [1.807, 2.05) is 51.0 Å². The molecule has 34 heavy (non-hydrogen) atoms. The van der Waals surface area contributed by atoms with Gasteiger partial charge >= 0.3 is 0 Å². The molecule has 0 fully saturated rings. The number of para-hydroxylation sites is 1. The monoisotopic (exact) mass is 460 g/mol. The van der Waals surface area contributed by atoms with Crippen molar-refractivity contribution < 1.29 is 14.7 Å². The zero-order valence-corrected chi connectivity index (χ0v) is 20.2. The van der Waals surface area contributed by atoms with E-state index >= 15 is 0 Å². The van der Waals surface area contributed by atoms with Crippen molar-refractivity contribution in [2.75, 3.05) is 25.6 Å². The lowest BCUT2D eigenvalue weighted by atomic mass is 9.88. The van der Waals surface area contributed by atoms with Gasteiger partial charge in [0.2, 0.25) is 12.3 Å². The number of aliphatic hydroxyl groups is 1. The number of benzene rings is 2. The van der Waals surface area contributed by atoms with Crippen molar-refractivity contribution in [3.63, 3.8) is 0 Å². The maximum Gasteiger partial charge on any atom is 0.246 e. The van der Waals surface area contributed by atoms with E-state index in [1.165, 1.54) is 5.56 Å². The molecule has 2 heterocycles. The van der Waals surface area contributed by atoms with Gasteiger partial charge in [-0.3, -0.25) is 24.8 Å². The van der Waals surface area contributed by atoms with Crippen molar-refractivity contribution in [3.8, 4) is 0 Å². The lowest BCUT2D eigenvalue weighted by Crippen LogP contribution is -2.55. The summed E-state index contributed by atoms with van der Waals surface area (Å²) in [4.78, 5) is 32.5. The molecule has 2 atom stereocenters. The molecule has 0 saturated carbocycles. The third kappa shape index (κ3) is 4.41. The van der Waals surface area contributed by atoms with E-state index in [0.717, 1.165) is 39.8 Å². The molecule has 0 saturated heterocycles. The molecule has 1 aromatic heterocycles. The smallest absolute Gasteiger partial charge is 0.246 e. The summed E-state index contributed by atoms with van der Waals surface area (Å²) in [6, 6.07) is 16.6. The summed E-state index contributed by atoms with van der Waals surface area (Å²) in [7, 11) is 3.68. The van der Waals surface area contributed by atoms with Crippen LogP contribution < -0.4 is 10.2 Å². The summed E-state index contributed by atoms with van der Waals surface area (Å²) in [6.07, 6.45) is 1.74. The lowest BCUT2D eigenvalue weighted by molar-refractivity contribution is -0.133. The fourth-order valence-electron chi connectivity index (χ4n) is 4.74. The van der Waals surface area contributed by atoms with Crippen LogP contribution in [0.1, 0.15) is 29.3 Å². The molecule has 1 aliphatic rings. The van der Waals surface area contributed by atoms with Crippen molar-refractivity contribution >= 4 is 28.9 Å². The molecule has 1 aliphatic heterocycles. The van der Waals surface area contributed by atoms with Gasteiger partial charge in [0.15, 0.2) is 0 Å². The highest BCUT2D eigenvalue weighted by Gasteiger charge is 2.36. The molecule has 2 amide bonds. The zero-order chi connectivity index (χ0) is 24.5. The summed E-state index contributed by atoms with van der Waals surface area (Å²) in [5.41, 5.74) is 5.47. The molecule has 0 bridgehead atoms. The Balaban J connectivity index is 1.62. The number of hydrogen-bond donors (Lipinski definition) is 2. The number of carbonyl (C=O) groups is 2. The van der Waals surface area contributed by atoms with Crippen molar-refractivity contribution in [1.82, 2.24) is 15.2 Å². The van der Waals surface area contributed by atoms with E-state index in [0.29, 0.717) is 19.4 Å². The van der Waals surface area contributed by atoms with Gasteiger partial charge in [0.25, 0.3) is 0 Å². The molecular formula is C27H32N4O3. The number of aryl methyl sites for hydroxylation is 1. The van der Waals surface area contributed by atoms with Crippen molar-refractivity contribution in [3.05, 3.63) is 70.9 Å². The van der Waals surface area contributed by atoms with Gasteiger partial charge < -0.3 is 10.0 Å². The summed E-state index contributed by atoms with van der Waals surface area (Å²) in [5.74, 6) is -0.329. The number of aliphatic hydroxyl groups excluding tert-OH is 1. The first-order valence-electron chi connectivity index (χ1n) is 11.5. The predicted molar refractivity (Wildman–Crippen MR) is 134 cm³/mol. The second-order valence-electron chi connectivity index (χ2n) is 9.51. The average molecular weight is 461 g/mol. The SMILES string of the molecule is Cc1cc2nc(CN3c4ccccc4CC3CO)ccc2cc1CC(C)(C(=O)NC=O)N(C)C. The Hall–Kier alpha value is -3.29. The van der Waals surface area contributed by atoms with Crippen LogP contribution in [0.3, 0.4) is 0 Å². The Kier molecular flexibility index (Phi) is 6.68. The van der Waals surface area contributed by atoms with Crippen molar-refractivity contribution in [1.29, 1.82) is 0 Å². The standard InChI is InChI=1S/C27H32N4O3/c1-18-11-24-19(12-21(18)14-27(2,30(3)4)26(34)28-17-33)9-10-22(29-24)15-31-23(16-32)13-20-7-5-6-8-25(20)31/h5-12,17,23,32H,13-16H2,1-4H3,(H,28,33,34). The van der Waals surface area contributed by atoms with Crippen LogP contribution in [0.2, 0.25) is 0 Å². The minimum absolute atomic E-state index is 0.0558. The van der Waals surface area contributed by atoms with Crippen LogP contribution in [0.25, 0.3) is 10.9 Å². The van der Waals surface area contributed by atoms with Gasteiger partial charge in [0.1, 0.15) is 5.54 Å². The summed E-state index contributed by atoms with van der Waals surface area (Å²) < 4.78 is 0. The number of anilines is 1. The number of nitrogens with one attached hydrogen (secondary N) is 1. The highest BCUT2D eigenvalue weighted by molar-refractivity contribution is 5.93. The third-order valence-corrected chi connectivity index (χ3v) is 7.15. The van der Waals surface area contributed by atoms with E-state index in [1.54, 1.807) is 0 Å². The Labute approximate surface area is 200 Å². The maximum atomic E-state index is 12.6. The first kappa shape index (κ1) is 23.9. The number of likely N-dealkylation sites (N-methyl/N-ethyl adjacent to an activating group) is 1. The molecule has 178 valence electrons. The van der Waals surface area contributed by atoms with Gasteiger partial charge in [-0.05, 0) is 81.7 Å². The normalized spacial score (nSPS) is 17.0. The van der Waals surface area contributed by atoms with Gasteiger partial charge in [-0.25, -0.2) is 0 Å². The second-order valence-corrected chi connectivity index (χ2v) is 9.51. The number of amides is 2. The Bertz CT molecular complexity index is 1230. The number of fused-ring (bicyclic) bond motifs is 2. The van der Waals surface area contributed by atoms with E-state index in [4.69, 9.17) is 4.98 Å². The van der Waals surface area contributed by atoms with E-state index < -0.39 is 5.54 Å². The minimum Gasteiger partial charge on any atom is -0.394 e. The largest absolute Gasteiger partial charge is 0.394 e. The molecule has 4 rings (SSSR count). The number of rotatable bonds is 8. The van der Waals surface area contributed by atoms with Gasteiger partial charge in [-0.15, -0.1) is 0 Å². The van der Waals surface area contributed by atoms with E-state index in [-0.39, 0.29) is 18.6 Å². The van der Waals surface area contributed by atoms with Crippen LogP contribution in [0.5, 0.6) is 0 Å². The van der Waals surface area contributed by atoms with Gasteiger partial charge in [0.05, 0.1) is 30.4 Å². The minimum atomic E-state index is -0.866. The van der Waals surface area contributed by atoms with Gasteiger partial charge in [-0.2, -0.15) is 0 Å². The fourth-order valence-corrected chi connectivity index (χ4v) is 4.74. The molecular weight excluding hydrogens is 428 g/mol. The molecule has 0 aliphatic carbocycles. The molecule has 0 spiro atoms. The third-order valence-electron chi connectivity index (χ3n) is 7.15. The Morgan fingerprint density at radius 1 is 1.26 bits per heavy atom. The maximum absolute atomic E-state index is 12.6. The lowest BCUT2D eigenvalue weighted by Gasteiger charge is -2.34. The summed E-state index contributed by atoms with van der Waals surface area (Å²) in [5, 5.41) is 13.2. The second kappa shape index (κ2) is 9.52. The molecule has 7 heteroatoms. The topological polar surface area (TPSA) is 85.8 Å². The highest BCUT2D eigenvalue weighted by atomic mass is 16.3. The van der Waals surface area contributed by atoms with Crippen molar-refractivity contribution in [2.24, 2.45) is 0 Å². The predicted octanol–water partition coefficient (Wildman–Crippen LogP) is 2.60. The molecule has 2 N–H and O–H groups in total. The fraction of sp³-hybridized carbons (Fsp3) is 0.370. The molecule has 0 radical (unpaired) electrons. The van der Waals surface area contributed by atoms with Gasteiger partial charge in [0, 0.05) is 11.1 Å². The molecule has 3 aromatic rings. The van der Waals surface area contributed by atoms with Gasteiger partial charge in [-0.1, -0.05) is 24.3 Å². The average Bonchev–Trinajstić information content (AvgIpc) is 3.17. The quantitative estimate of drug-likeness (QED) is 0.503. The van der Waals surface area contributed by atoms with Crippen LogP contribution in [-0.4, -0.2) is 59.6 Å². The first-order valence-corrected chi connectivity index (χ1v) is 11.5. The Morgan fingerprint density at radius 3 is 2.74 bits per heavy atom. The Morgan fingerprint density at radius 2 is 2.03 bits per heavy atom. The number of imide groups is 1. The van der Waals surface area contributed by atoms with E-state index in [9.17, 15) is 14.7 Å². The highest BCUT2D eigenvalue weighted by Crippen LogP contribution is 2.33.